The van der Waals surface area contributed by atoms with E-state index in [-0.39, 0.29) is 30.9 Å². The zero-order valence-electron chi connectivity index (χ0n) is 21.4. The Kier molecular flexibility index (Phi) is 9.76. The van der Waals surface area contributed by atoms with E-state index in [1.165, 1.54) is 17.4 Å². The molecule has 2 aromatic rings. The molecule has 206 valence electrons. The lowest BCUT2D eigenvalue weighted by atomic mass is 9.99. The van der Waals surface area contributed by atoms with Crippen molar-refractivity contribution in [3.05, 3.63) is 58.1 Å². The fourth-order valence-corrected chi connectivity index (χ4v) is 4.97. The van der Waals surface area contributed by atoms with Gasteiger partial charge in [-0.25, -0.2) is 13.4 Å². The minimum absolute atomic E-state index is 0.0177. The summed E-state index contributed by atoms with van der Waals surface area (Å²) in [5.74, 6) is -2.28. The van der Waals surface area contributed by atoms with Crippen LogP contribution in [0, 0.1) is 11.3 Å². The van der Waals surface area contributed by atoms with Crippen LogP contribution in [0.3, 0.4) is 0 Å². The molecule has 0 saturated carbocycles. The van der Waals surface area contributed by atoms with Crippen molar-refractivity contribution in [2.24, 2.45) is 10.9 Å². The number of halogens is 1. The summed E-state index contributed by atoms with van der Waals surface area (Å²) in [6.45, 7) is 0.110. The fraction of sp³-hybridized carbons (Fsp3) is 0.269. The second-order valence-electron chi connectivity index (χ2n) is 8.71. The average molecular weight is 618 g/mol. The van der Waals surface area contributed by atoms with Crippen LogP contribution >= 0.6 is 15.9 Å². The number of nitrogens with zero attached hydrogens (tertiary/aromatic N) is 2. The third-order valence-electron chi connectivity index (χ3n) is 5.82. The van der Waals surface area contributed by atoms with Crippen LogP contribution in [0.1, 0.15) is 24.0 Å². The number of nitrogens with two attached hydrogens (primary N) is 1. The van der Waals surface area contributed by atoms with Crippen LogP contribution in [-0.4, -0.2) is 64.8 Å². The Bertz CT molecular complexity index is 1450. The number of carbonyl (C=O) groups excluding carboxylic acids is 3. The van der Waals surface area contributed by atoms with Gasteiger partial charge in [-0.1, -0.05) is 22.0 Å². The van der Waals surface area contributed by atoms with E-state index in [0.29, 0.717) is 35.2 Å². The number of anilines is 2. The van der Waals surface area contributed by atoms with Crippen molar-refractivity contribution >= 4 is 78.6 Å². The average Bonchev–Trinajstić information content (AvgIpc) is 3.73. The molecular weight excluding hydrogens is 588 g/mol. The first kappa shape index (κ1) is 29.7. The molecule has 1 unspecified atom stereocenters. The molecule has 11 nitrogen and oxygen atoms in total. The first-order chi connectivity index (χ1) is 18.5. The molecule has 0 spiro atoms. The molecular formula is C26H29BrN6O5S. The second kappa shape index (κ2) is 12.8. The largest absolute Gasteiger partial charge is 0.398 e. The lowest BCUT2D eigenvalue weighted by Gasteiger charge is -2.26. The summed E-state index contributed by atoms with van der Waals surface area (Å²) in [6.07, 6.45) is 4.98. The van der Waals surface area contributed by atoms with E-state index in [1.54, 1.807) is 30.3 Å². The Labute approximate surface area is 235 Å². The van der Waals surface area contributed by atoms with Gasteiger partial charge in [-0.3, -0.25) is 13.9 Å². The molecule has 1 aliphatic rings. The molecule has 39 heavy (non-hydrogen) atoms. The van der Waals surface area contributed by atoms with E-state index >= 15 is 0 Å². The van der Waals surface area contributed by atoms with E-state index in [9.17, 15) is 22.8 Å². The highest BCUT2D eigenvalue weighted by atomic mass is 79.9. The molecule has 1 atom stereocenters. The number of sulfonamides is 1. The van der Waals surface area contributed by atoms with Crippen LogP contribution in [0.25, 0.3) is 5.57 Å². The molecule has 0 aliphatic heterocycles. The number of hydrogen-bond donors (Lipinski definition) is 4. The van der Waals surface area contributed by atoms with Gasteiger partial charge in [0.25, 0.3) is 5.91 Å². The van der Waals surface area contributed by atoms with Crippen LogP contribution in [0.15, 0.2) is 51.9 Å². The Balaban J connectivity index is 1.98. The first-order valence-electron chi connectivity index (χ1n) is 11.9. The van der Waals surface area contributed by atoms with E-state index in [1.807, 2.05) is 6.08 Å². The Morgan fingerprint density at radius 1 is 1.26 bits per heavy atom. The van der Waals surface area contributed by atoms with E-state index < -0.39 is 27.8 Å². The van der Waals surface area contributed by atoms with Crippen LogP contribution in [0.4, 0.5) is 17.1 Å². The van der Waals surface area contributed by atoms with Crippen molar-refractivity contribution < 1.29 is 22.8 Å². The van der Waals surface area contributed by atoms with E-state index in [4.69, 9.17) is 11.1 Å². The third kappa shape index (κ3) is 7.60. The van der Waals surface area contributed by atoms with Crippen LogP contribution < -0.4 is 20.7 Å². The molecule has 0 radical (unpaired) electrons. The standard InChI is InChI=1S/C26H29BrN6O5S/c1-30-26(36)24(32-19-8-6-18(27)7-9-19)21-12-20(16-4-5-16)23(13-22(21)29)33(39(2,37)38)11-3-10-31-25(35)17(14-28)15-34/h4,6-9,12-15,17,28H,3,5,10-11,29H2,1-2H3,(H,30,36)(H,31,35). The maximum Gasteiger partial charge on any atom is 0.270 e. The summed E-state index contributed by atoms with van der Waals surface area (Å²) >= 11 is 3.37. The van der Waals surface area contributed by atoms with Gasteiger partial charge in [0, 0.05) is 47.6 Å². The van der Waals surface area contributed by atoms with Gasteiger partial charge in [0.05, 0.1) is 17.6 Å². The van der Waals surface area contributed by atoms with Gasteiger partial charge in [0.1, 0.15) is 17.9 Å². The van der Waals surface area contributed by atoms with Gasteiger partial charge in [0.15, 0.2) is 0 Å². The normalized spacial score (nSPS) is 13.6. The number of nitrogens with one attached hydrogen (secondary N) is 3. The van der Waals surface area contributed by atoms with Gasteiger partial charge in [-0.05, 0) is 54.8 Å². The smallest absolute Gasteiger partial charge is 0.270 e. The summed E-state index contributed by atoms with van der Waals surface area (Å²) in [5, 5.41) is 12.2. The Morgan fingerprint density at radius 3 is 2.46 bits per heavy atom. The number of hydrogen-bond acceptors (Lipinski definition) is 8. The number of amides is 2. The predicted molar refractivity (Wildman–Crippen MR) is 156 cm³/mol. The van der Waals surface area contributed by atoms with Crippen molar-refractivity contribution in [3.8, 4) is 0 Å². The molecule has 1 aliphatic carbocycles. The minimum Gasteiger partial charge on any atom is -0.398 e. The number of allylic oxidation sites excluding steroid dienone is 2. The number of likely N-dealkylation sites (N-methyl/N-ethyl adjacent to an activating group) is 1. The van der Waals surface area contributed by atoms with Gasteiger partial charge in [-0.2, -0.15) is 0 Å². The Hall–Kier alpha value is -3.84. The van der Waals surface area contributed by atoms with Gasteiger partial charge >= 0.3 is 0 Å². The molecule has 0 fully saturated rings. The lowest BCUT2D eigenvalue weighted by molar-refractivity contribution is -0.126. The summed E-state index contributed by atoms with van der Waals surface area (Å²) in [6, 6.07) is 10.3. The topological polar surface area (TPSA) is 175 Å². The molecule has 0 bridgehead atoms. The van der Waals surface area contributed by atoms with Gasteiger partial charge < -0.3 is 26.6 Å². The van der Waals surface area contributed by atoms with Crippen molar-refractivity contribution in [1.29, 1.82) is 5.41 Å². The SMILES string of the molecule is CNC(=O)C(=Nc1ccc(Br)cc1)c1cc(C2=CC2)c(N(CCCNC(=O)C(C=N)C=O)S(C)(=O)=O)cc1N. The maximum atomic E-state index is 12.8. The molecule has 0 saturated heterocycles. The number of aldehydes is 1. The van der Waals surface area contributed by atoms with Crippen LogP contribution in [-0.2, 0) is 24.4 Å². The quantitative estimate of drug-likeness (QED) is 0.0883. The Morgan fingerprint density at radius 2 is 1.92 bits per heavy atom. The highest BCUT2D eigenvalue weighted by Crippen LogP contribution is 2.41. The zero-order chi connectivity index (χ0) is 28.7. The summed E-state index contributed by atoms with van der Waals surface area (Å²) in [4.78, 5) is 40.2. The maximum absolute atomic E-state index is 12.8. The van der Waals surface area contributed by atoms with Crippen molar-refractivity contribution in [2.75, 3.05) is 36.4 Å². The lowest BCUT2D eigenvalue weighted by Crippen LogP contribution is -2.36. The van der Waals surface area contributed by atoms with Crippen LogP contribution in [0.2, 0.25) is 0 Å². The summed E-state index contributed by atoms with van der Waals surface area (Å²) in [5.41, 5.74) is 9.38. The summed E-state index contributed by atoms with van der Waals surface area (Å²) < 4.78 is 27.7. The monoisotopic (exact) mass is 616 g/mol. The first-order valence-corrected chi connectivity index (χ1v) is 14.5. The molecule has 2 amide bonds. The number of rotatable bonds is 13. The molecule has 13 heteroatoms. The fourth-order valence-electron chi connectivity index (χ4n) is 3.73. The van der Waals surface area contributed by atoms with Crippen molar-refractivity contribution in [3.63, 3.8) is 0 Å². The summed E-state index contributed by atoms with van der Waals surface area (Å²) in [7, 11) is -2.28. The number of aliphatic imine (C=N–C) groups is 1. The molecule has 2 aromatic carbocycles. The molecule has 5 N–H and O–H groups in total. The zero-order valence-corrected chi connectivity index (χ0v) is 23.8. The number of nitrogen functional groups attached to an aromatic ring is 1. The van der Waals surface area contributed by atoms with Crippen molar-refractivity contribution in [1.82, 2.24) is 10.6 Å². The minimum atomic E-state index is -3.76. The highest BCUT2D eigenvalue weighted by molar-refractivity contribution is 9.10. The van der Waals surface area contributed by atoms with Gasteiger partial charge in [0.2, 0.25) is 15.9 Å². The predicted octanol–water partition coefficient (Wildman–Crippen LogP) is 2.42. The van der Waals surface area contributed by atoms with Gasteiger partial charge in [-0.15, -0.1) is 0 Å². The van der Waals surface area contributed by atoms with Crippen LogP contribution in [0.5, 0.6) is 0 Å². The second-order valence-corrected chi connectivity index (χ2v) is 11.5. The highest BCUT2D eigenvalue weighted by Gasteiger charge is 2.27. The molecule has 3 rings (SSSR count). The van der Waals surface area contributed by atoms with Crippen molar-refractivity contribution in [2.45, 2.75) is 12.8 Å². The van der Waals surface area contributed by atoms with E-state index in [0.717, 1.165) is 22.5 Å². The molecule has 0 heterocycles. The molecule has 0 aromatic heterocycles. The third-order valence-corrected chi connectivity index (χ3v) is 7.53. The number of carbonyl (C=O) groups is 3. The number of benzene rings is 2. The van der Waals surface area contributed by atoms with E-state index in [2.05, 4.69) is 31.6 Å².